The van der Waals surface area contributed by atoms with Crippen LogP contribution in [-0.4, -0.2) is 58.6 Å². The number of hydrogen-bond acceptors (Lipinski definition) is 3. The van der Waals surface area contributed by atoms with E-state index in [1.54, 1.807) is 6.20 Å². The number of amides is 1. The molecule has 1 N–H and O–H groups in total. The Balaban J connectivity index is 1.87. The molecule has 1 saturated heterocycles. The summed E-state index contributed by atoms with van der Waals surface area (Å²) in [5, 5.41) is 7.98. The van der Waals surface area contributed by atoms with Gasteiger partial charge in [0.15, 0.2) is 0 Å². The number of rotatable bonds is 2. The van der Waals surface area contributed by atoms with E-state index < -0.39 is 0 Å². The van der Waals surface area contributed by atoms with Crippen LogP contribution in [0.4, 0.5) is 0 Å². The number of H-pyrrole nitrogens is 1. The van der Waals surface area contributed by atoms with Gasteiger partial charge in [-0.25, -0.2) is 0 Å². The standard InChI is InChI=1S/C16H22N4O/c1-3-14-11-19(2)7-4-8-20(14)16(21)12-5-6-13-10-17-18-15(13)9-12/h5-6,9-10,14H,3-4,7-8,11H2,1-2H3,(H,17,18). The third-order valence-electron chi connectivity index (χ3n) is 4.32. The normalized spacial score (nSPS) is 20.7. The second kappa shape index (κ2) is 5.85. The summed E-state index contributed by atoms with van der Waals surface area (Å²) in [4.78, 5) is 17.2. The minimum Gasteiger partial charge on any atom is -0.334 e. The molecule has 1 aliphatic heterocycles. The van der Waals surface area contributed by atoms with E-state index in [4.69, 9.17) is 0 Å². The lowest BCUT2D eigenvalue weighted by Crippen LogP contribution is -2.43. The zero-order chi connectivity index (χ0) is 14.8. The lowest BCUT2D eigenvalue weighted by molar-refractivity contribution is 0.0676. The molecule has 1 amide bonds. The lowest BCUT2D eigenvalue weighted by atomic mass is 10.1. The first-order valence-electron chi connectivity index (χ1n) is 7.61. The number of hydrogen-bond donors (Lipinski definition) is 1. The number of likely N-dealkylation sites (N-methyl/N-ethyl adjacent to an activating group) is 1. The average Bonchev–Trinajstić information content (AvgIpc) is 2.88. The number of nitrogens with zero attached hydrogens (tertiary/aromatic N) is 3. The lowest BCUT2D eigenvalue weighted by Gasteiger charge is -2.30. The molecule has 3 rings (SSSR count). The summed E-state index contributed by atoms with van der Waals surface area (Å²) in [6, 6.07) is 6.06. The van der Waals surface area contributed by atoms with E-state index in [1.165, 1.54) is 0 Å². The second-order valence-corrected chi connectivity index (χ2v) is 5.85. The van der Waals surface area contributed by atoms with Crippen molar-refractivity contribution < 1.29 is 4.79 Å². The van der Waals surface area contributed by atoms with Crippen LogP contribution in [0.5, 0.6) is 0 Å². The number of carbonyl (C=O) groups is 1. The maximum atomic E-state index is 12.9. The van der Waals surface area contributed by atoms with Gasteiger partial charge in [0.2, 0.25) is 0 Å². The van der Waals surface area contributed by atoms with E-state index in [9.17, 15) is 4.79 Å². The molecule has 1 unspecified atom stereocenters. The molecule has 0 radical (unpaired) electrons. The van der Waals surface area contributed by atoms with Crippen molar-refractivity contribution in [2.24, 2.45) is 0 Å². The summed E-state index contributed by atoms with van der Waals surface area (Å²) < 4.78 is 0. The topological polar surface area (TPSA) is 52.2 Å². The molecule has 2 heterocycles. The predicted octanol–water partition coefficient (Wildman–Crippen LogP) is 2.12. The van der Waals surface area contributed by atoms with Crippen molar-refractivity contribution >= 4 is 16.8 Å². The van der Waals surface area contributed by atoms with E-state index >= 15 is 0 Å². The highest BCUT2D eigenvalue weighted by Crippen LogP contribution is 2.19. The average molecular weight is 286 g/mol. The zero-order valence-electron chi connectivity index (χ0n) is 12.7. The molecular formula is C16H22N4O. The van der Waals surface area contributed by atoms with Gasteiger partial charge in [-0.05, 0) is 38.6 Å². The third-order valence-corrected chi connectivity index (χ3v) is 4.32. The fourth-order valence-corrected chi connectivity index (χ4v) is 3.10. The van der Waals surface area contributed by atoms with Gasteiger partial charge >= 0.3 is 0 Å². The fourth-order valence-electron chi connectivity index (χ4n) is 3.10. The molecule has 1 aromatic heterocycles. The van der Waals surface area contributed by atoms with Crippen molar-refractivity contribution in [1.82, 2.24) is 20.0 Å². The zero-order valence-corrected chi connectivity index (χ0v) is 12.7. The molecule has 1 aliphatic rings. The molecular weight excluding hydrogens is 264 g/mol. The van der Waals surface area contributed by atoms with Crippen LogP contribution in [0, 0.1) is 0 Å². The maximum Gasteiger partial charge on any atom is 0.254 e. The molecule has 1 aromatic carbocycles. The number of carbonyl (C=O) groups excluding carboxylic acids is 1. The molecule has 1 fully saturated rings. The van der Waals surface area contributed by atoms with Crippen molar-refractivity contribution in [2.75, 3.05) is 26.7 Å². The van der Waals surface area contributed by atoms with Crippen LogP contribution in [0.1, 0.15) is 30.1 Å². The van der Waals surface area contributed by atoms with Gasteiger partial charge in [0, 0.05) is 30.1 Å². The van der Waals surface area contributed by atoms with Crippen molar-refractivity contribution in [3.63, 3.8) is 0 Å². The van der Waals surface area contributed by atoms with Crippen LogP contribution < -0.4 is 0 Å². The van der Waals surface area contributed by atoms with Gasteiger partial charge in [-0.15, -0.1) is 0 Å². The molecule has 112 valence electrons. The Hall–Kier alpha value is -1.88. The van der Waals surface area contributed by atoms with Crippen molar-refractivity contribution in [1.29, 1.82) is 0 Å². The van der Waals surface area contributed by atoms with E-state index in [0.717, 1.165) is 48.9 Å². The Morgan fingerprint density at radius 2 is 2.29 bits per heavy atom. The Bertz CT molecular complexity index is 636. The first kappa shape index (κ1) is 14.1. The second-order valence-electron chi connectivity index (χ2n) is 5.85. The van der Waals surface area contributed by atoms with Crippen LogP contribution in [0.2, 0.25) is 0 Å². The molecule has 5 heteroatoms. The monoisotopic (exact) mass is 286 g/mol. The summed E-state index contributed by atoms with van der Waals surface area (Å²) in [5.41, 5.74) is 1.66. The molecule has 0 spiro atoms. The first-order chi connectivity index (χ1) is 10.2. The number of nitrogens with one attached hydrogen (secondary N) is 1. The van der Waals surface area contributed by atoms with E-state index in [1.807, 2.05) is 23.1 Å². The van der Waals surface area contributed by atoms with Crippen LogP contribution in [0.3, 0.4) is 0 Å². The number of benzene rings is 1. The SMILES string of the molecule is CCC1CN(C)CCCN1C(=O)c1ccc2cn[nH]c2c1. The predicted molar refractivity (Wildman–Crippen MR) is 83.3 cm³/mol. The highest BCUT2D eigenvalue weighted by molar-refractivity contribution is 5.97. The van der Waals surface area contributed by atoms with Gasteiger partial charge < -0.3 is 9.80 Å². The Morgan fingerprint density at radius 1 is 1.43 bits per heavy atom. The Morgan fingerprint density at radius 3 is 3.10 bits per heavy atom. The first-order valence-corrected chi connectivity index (χ1v) is 7.61. The van der Waals surface area contributed by atoms with Crippen LogP contribution in [0.15, 0.2) is 24.4 Å². The van der Waals surface area contributed by atoms with Gasteiger partial charge in [0.05, 0.1) is 11.7 Å². The minimum atomic E-state index is 0.133. The summed E-state index contributed by atoms with van der Waals surface area (Å²) in [5.74, 6) is 0.133. The number of fused-ring (bicyclic) bond motifs is 1. The van der Waals surface area contributed by atoms with Gasteiger partial charge in [-0.2, -0.15) is 5.10 Å². The Labute approximate surface area is 124 Å². The van der Waals surface area contributed by atoms with Gasteiger partial charge in [0.1, 0.15) is 0 Å². The molecule has 0 saturated carbocycles. The highest BCUT2D eigenvalue weighted by atomic mass is 16.2. The van der Waals surface area contributed by atoms with E-state index in [-0.39, 0.29) is 5.91 Å². The molecule has 1 atom stereocenters. The van der Waals surface area contributed by atoms with E-state index in [0.29, 0.717) is 6.04 Å². The van der Waals surface area contributed by atoms with Gasteiger partial charge in [-0.3, -0.25) is 9.89 Å². The Kier molecular flexibility index (Phi) is 3.92. The minimum absolute atomic E-state index is 0.133. The van der Waals surface area contributed by atoms with Crippen molar-refractivity contribution in [3.8, 4) is 0 Å². The van der Waals surface area contributed by atoms with Crippen LogP contribution >= 0.6 is 0 Å². The molecule has 0 aliphatic carbocycles. The summed E-state index contributed by atoms with van der Waals surface area (Å²) in [6.07, 6.45) is 3.80. The quantitative estimate of drug-likeness (QED) is 0.920. The van der Waals surface area contributed by atoms with E-state index in [2.05, 4.69) is 29.1 Å². The number of aromatic amines is 1. The van der Waals surface area contributed by atoms with Crippen LogP contribution in [-0.2, 0) is 0 Å². The smallest absolute Gasteiger partial charge is 0.254 e. The summed E-state index contributed by atoms with van der Waals surface area (Å²) in [6.45, 7) is 5.00. The molecule has 21 heavy (non-hydrogen) atoms. The fraction of sp³-hybridized carbons (Fsp3) is 0.500. The van der Waals surface area contributed by atoms with Gasteiger partial charge in [0.25, 0.3) is 5.91 Å². The van der Waals surface area contributed by atoms with Crippen LogP contribution in [0.25, 0.3) is 10.9 Å². The third kappa shape index (κ3) is 2.78. The molecule has 0 bridgehead atoms. The molecule has 2 aromatic rings. The number of aromatic nitrogens is 2. The summed E-state index contributed by atoms with van der Waals surface area (Å²) in [7, 11) is 2.13. The molecule has 5 nitrogen and oxygen atoms in total. The largest absolute Gasteiger partial charge is 0.334 e. The van der Waals surface area contributed by atoms with Crippen molar-refractivity contribution in [2.45, 2.75) is 25.8 Å². The van der Waals surface area contributed by atoms with Gasteiger partial charge in [-0.1, -0.05) is 13.0 Å². The van der Waals surface area contributed by atoms with Crippen molar-refractivity contribution in [3.05, 3.63) is 30.0 Å². The maximum absolute atomic E-state index is 12.9. The highest BCUT2D eigenvalue weighted by Gasteiger charge is 2.26. The summed E-state index contributed by atoms with van der Waals surface area (Å²) >= 11 is 0.